The Labute approximate surface area is 132 Å². The molecule has 0 radical (unpaired) electrons. The van der Waals surface area contributed by atoms with E-state index in [0.29, 0.717) is 5.92 Å². The predicted molar refractivity (Wildman–Crippen MR) is 96.9 cm³/mol. The molecule has 1 nitrogen and oxygen atoms in total. The summed E-state index contributed by atoms with van der Waals surface area (Å²) in [7, 11) is -1.69. The molecule has 0 aromatic heterocycles. The molecule has 0 spiro atoms. The van der Waals surface area contributed by atoms with Crippen molar-refractivity contribution in [2.45, 2.75) is 63.7 Å². The Bertz CT molecular complexity index is 506. The molecule has 1 aromatic carbocycles. The van der Waals surface area contributed by atoms with E-state index in [9.17, 15) is 0 Å². The molecule has 0 unspecified atom stereocenters. The SMILES string of the molecule is CC(C)Cc1ccc(CC2CCCCC2)c([SH](C)(C)=N)c1. The first kappa shape index (κ1) is 16.7. The van der Waals surface area contributed by atoms with Gasteiger partial charge in [0.15, 0.2) is 0 Å². The molecule has 21 heavy (non-hydrogen) atoms. The lowest BCUT2D eigenvalue weighted by Crippen LogP contribution is -2.14. The summed E-state index contributed by atoms with van der Waals surface area (Å²) >= 11 is 0. The Morgan fingerprint density at radius 2 is 1.81 bits per heavy atom. The van der Waals surface area contributed by atoms with Crippen LogP contribution in [0.4, 0.5) is 0 Å². The van der Waals surface area contributed by atoms with Crippen LogP contribution in [0.2, 0.25) is 0 Å². The maximum atomic E-state index is 8.62. The van der Waals surface area contributed by atoms with Gasteiger partial charge in [-0.05, 0) is 54.4 Å². The molecule has 0 aliphatic heterocycles. The van der Waals surface area contributed by atoms with E-state index in [2.05, 4.69) is 44.6 Å². The molecule has 0 amide bonds. The topological polar surface area (TPSA) is 23.9 Å². The number of benzene rings is 1. The summed E-state index contributed by atoms with van der Waals surface area (Å²) in [6.45, 7) is 4.55. The van der Waals surface area contributed by atoms with Gasteiger partial charge in [0.2, 0.25) is 0 Å². The molecule has 0 atom stereocenters. The van der Waals surface area contributed by atoms with E-state index in [1.54, 1.807) is 0 Å². The highest BCUT2D eigenvalue weighted by Crippen LogP contribution is 2.31. The second-order valence-electron chi connectivity index (χ2n) is 7.72. The van der Waals surface area contributed by atoms with Crippen LogP contribution in [0.1, 0.15) is 57.1 Å². The highest BCUT2D eigenvalue weighted by molar-refractivity contribution is 8.02. The normalized spacial score (nSPS) is 18.1. The quantitative estimate of drug-likeness (QED) is 0.692. The fraction of sp³-hybridized carbons (Fsp3) is 0.684. The molecule has 1 fully saturated rings. The third-order valence-corrected chi connectivity index (χ3v) is 6.25. The number of nitrogens with one attached hydrogen (secondary N) is 1. The molecule has 0 bridgehead atoms. The van der Waals surface area contributed by atoms with Gasteiger partial charge in [-0.1, -0.05) is 58.1 Å². The smallest absolute Gasteiger partial charge is 0.000578 e. The molecule has 2 rings (SSSR count). The van der Waals surface area contributed by atoms with Gasteiger partial charge in [0, 0.05) is 4.90 Å². The molecule has 0 saturated heterocycles. The number of hydrogen-bond acceptors (Lipinski definition) is 1. The maximum absolute atomic E-state index is 8.62. The first-order chi connectivity index (χ1) is 9.86. The molecule has 120 valence electrons. The molecular weight excluding hydrogens is 274 g/mol. The molecule has 1 aliphatic rings. The highest BCUT2D eigenvalue weighted by Gasteiger charge is 2.17. The van der Waals surface area contributed by atoms with Crippen LogP contribution in [0.25, 0.3) is 0 Å². The minimum Gasteiger partial charge on any atom is -0.297 e. The van der Waals surface area contributed by atoms with Crippen LogP contribution in [0, 0.1) is 16.6 Å². The summed E-state index contributed by atoms with van der Waals surface area (Å²) in [5, 5.41) is 0. The van der Waals surface area contributed by atoms with Gasteiger partial charge in [0.25, 0.3) is 0 Å². The molecule has 1 aliphatic carbocycles. The zero-order chi connectivity index (χ0) is 15.5. The Kier molecular flexibility index (Phi) is 5.65. The minimum absolute atomic E-state index is 0.689. The number of hydrogen-bond donors (Lipinski definition) is 2. The second kappa shape index (κ2) is 7.09. The molecular formula is C19H33NS. The van der Waals surface area contributed by atoms with Crippen LogP contribution in [-0.4, -0.2) is 12.5 Å². The lowest BCUT2D eigenvalue weighted by molar-refractivity contribution is 0.355. The van der Waals surface area contributed by atoms with Gasteiger partial charge in [-0.3, -0.25) is 4.78 Å². The van der Waals surface area contributed by atoms with Gasteiger partial charge in [0.05, 0.1) is 0 Å². The van der Waals surface area contributed by atoms with Crippen LogP contribution in [0.15, 0.2) is 23.1 Å². The summed E-state index contributed by atoms with van der Waals surface area (Å²) < 4.78 is 8.62. The molecule has 1 N–H and O–H groups in total. The maximum Gasteiger partial charge on any atom is 0.000578 e. The van der Waals surface area contributed by atoms with Crippen molar-refractivity contribution >= 4 is 9.82 Å². The van der Waals surface area contributed by atoms with Crippen molar-refractivity contribution < 1.29 is 0 Å². The van der Waals surface area contributed by atoms with E-state index in [4.69, 9.17) is 4.78 Å². The van der Waals surface area contributed by atoms with E-state index in [1.807, 2.05) is 0 Å². The third-order valence-electron chi connectivity index (χ3n) is 4.63. The average molecular weight is 308 g/mol. The van der Waals surface area contributed by atoms with Crippen molar-refractivity contribution in [3.8, 4) is 0 Å². The van der Waals surface area contributed by atoms with Gasteiger partial charge in [0.1, 0.15) is 0 Å². The van der Waals surface area contributed by atoms with E-state index < -0.39 is 9.82 Å². The lowest BCUT2D eigenvalue weighted by Gasteiger charge is -2.26. The van der Waals surface area contributed by atoms with E-state index >= 15 is 0 Å². The van der Waals surface area contributed by atoms with Crippen molar-refractivity contribution in [2.24, 2.45) is 11.8 Å². The first-order valence-electron chi connectivity index (χ1n) is 8.57. The largest absolute Gasteiger partial charge is 0.297 e. The molecule has 1 aromatic rings. The lowest BCUT2D eigenvalue weighted by atomic mass is 9.84. The van der Waals surface area contributed by atoms with Crippen molar-refractivity contribution in [3.05, 3.63) is 29.3 Å². The van der Waals surface area contributed by atoms with Crippen LogP contribution in [-0.2, 0) is 22.7 Å². The Morgan fingerprint density at radius 3 is 2.38 bits per heavy atom. The highest BCUT2D eigenvalue weighted by atomic mass is 32.2. The summed E-state index contributed by atoms with van der Waals surface area (Å²) in [5.74, 6) is 1.55. The van der Waals surface area contributed by atoms with Gasteiger partial charge < -0.3 is 0 Å². The fourth-order valence-electron chi connectivity index (χ4n) is 3.60. The summed E-state index contributed by atoms with van der Waals surface area (Å²) in [5.41, 5.74) is 2.90. The zero-order valence-electron chi connectivity index (χ0n) is 14.3. The molecule has 0 heterocycles. The summed E-state index contributed by atoms with van der Waals surface area (Å²) in [6.07, 6.45) is 13.7. The van der Waals surface area contributed by atoms with Crippen LogP contribution < -0.4 is 0 Å². The second-order valence-corrected chi connectivity index (χ2v) is 11.1. The molecule has 2 heteroatoms. The first-order valence-corrected chi connectivity index (χ1v) is 11.3. The van der Waals surface area contributed by atoms with Crippen molar-refractivity contribution in [1.29, 1.82) is 4.78 Å². The Hall–Kier alpha value is -0.630. The monoisotopic (exact) mass is 307 g/mol. The molecule has 1 saturated carbocycles. The standard InChI is InChI=1S/C19H33NS/c1-15(2)12-17-10-11-18(19(14-17)21(3,4)20)13-16-8-6-5-7-9-16/h10-11,14-16,20-21H,5-9,12-13H2,1-4H3. The van der Waals surface area contributed by atoms with Gasteiger partial charge in [-0.15, -0.1) is 0 Å². The van der Waals surface area contributed by atoms with Crippen molar-refractivity contribution in [3.63, 3.8) is 0 Å². The van der Waals surface area contributed by atoms with Gasteiger partial charge in [-0.2, -0.15) is 9.82 Å². The number of rotatable bonds is 5. The van der Waals surface area contributed by atoms with Crippen molar-refractivity contribution in [1.82, 2.24) is 0 Å². The van der Waals surface area contributed by atoms with E-state index in [0.717, 1.165) is 12.3 Å². The average Bonchev–Trinajstić information content (AvgIpc) is 2.40. The van der Waals surface area contributed by atoms with Crippen LogP contribution >= 0.6 is 0 Å². The van der Waals surface area contributed by atoms with Gasteiger partial charge >= 0.3 is 0 Å². The van der Waals surface area contributed by atoms with E-state index in [1.165, 1.54) is 54.5 Å². The zero-order valence-corrected chi connectivity index (χ0v) is 15.2. The Balaban J connectivity index is 2.24. The predicted octanol–water partition coefficient (Wildman–Crippen LogP) is 5.28. The number of thiol groups is 1. The third kappa shape index (κ3) is 4.95. The minimum atomic E-state index is -1.69. The van der Waals surface area contributed by atoms with Crippen LogP contribution in [0.5, 0.6) is 0 Å². The van der Waals surface area contributed by atoms with E-state index in [-0.39, 0.29) is 0 Å². The van der Waals surface area contributed by atoms with Gasteiger partial charge in [-0.25, -0.2) is 0 Å². The van der Waals surface area contributed by atoms with Crippen LogP contribution in [0.3, 0.4) is 0 Å². The fourth-order valence-corrected chi connectivity index (χ4v) is 4.98. The van der Waals surface area contributed by atoms with Crippen molar-refractivity contribution in [2.75, 3.05) is 12.5 Å². The Morgan fingerprint density at radius 1 is 1.14 bits per heavy atom. The summed E-state index contributed by atoms with van der Waals surface area (Å²) in [6, 6.07) is 7.02. The summed E-state index contributed by atoms with van der Waals surface area (Å²) in [4.78, 5) is 1.37.